The summed E-state index contributed by atoms with van der Waals surface area (Å²) in [6.45, 7) is 2.51. The number of halogens is 1. The summed E-state index contributed by atoms with van der Waals surface area (Å²) in [5.41, 5.74) is 1.39. The molecule has 7 nitrogen and oxygen atoms in total. The number of hydrogen-bond donors (Lipinski definition) is 2. The van der Waals surface area contributed by atoms with Gasteiger partial charge in [-0.05, 0) is 55.0 Å². The molecule has 1 aliphatic rings. The summed E-state index contributed by atoms with van der Waals surface area (Å²) < 4.78 is 28.6. The molecule has 0 bridgehead atoms. The van der Waals surface area contributed by atoms with E-state index in [1.807, 2.05) is 19.1 Å². The number of nitrogens with zero attached hydrogens (tertiary/aromatic N) is 2. The van der Waals surface area contributed by atoms with Crippen molar-refractivity contribution >= 4 is 33.1 Å². The molecule has 150 valence electrons. The molecule has 3 N–H and O–H groups in total. The molecule has 1 atom stereocenters. The Hall–Kier alpha value is -1.97. The number of aliphatic imine (C=N–C) groups is 1. The number of β-amino-alcohol motifs (C(OH)–C–C–N with tert-alkyl or cyclic N) is 1. The van der Waals surface area contributed by atoms with Crippen molar-refractivity contribution in [2.24, 2.45) is 10.1 Å². The number of amidine groups is 1. The molecule has 28 heavy (non-hydrogen) atoms. The molecule has 1 unspecified atom stereocenters. The number of rotatable bonds is 7. The molecule has 0 fully saturated rings. The first-order chi connectivity index (χ1) is 13.2. The van der Waals surface area contributed by atoms with Gasteiger partial charge in [0.15, 0.2) is 0 Å². The maximum Gasteiger partial charge on any atom is 0.287 e. The molecule has 1 aliphatic heterocycles. The molecule has 2 aromatic rings. The Balaban J connectivity index is 1.97. The number of hydrogen-bond acceptors (Lipinski definition) is 6. The highest BCUT2D eigenvalue weighted by Gasteiger charge is 2.39. The van der Waals surface area contributed by atoms with Crippen LogP contribution in [-0.4, -0.2) is 38.4 Å². The average Bonchev–Trinajstić information content (AvgIpc) is 3.00. The zero-order chi connectivity index (χ0) is 20.4. The Morgan fingerprint density at radius 3 is 2.43 bits per heavy atom. The van der Waals surface area contributed by atoms with E-state index in [0.29, 0.717) is 23.0 Å². The Bertz CT molecular complexity index is 962. The summed E-state index contributed by atoms with van der Waals surface area (Å²) in [7, 11) is -3.79. The van der Waals surface area contributed by atoms with Gasteiger partial charge in [0.05, 0.1) is 11.5 Å². The molecule has 0 saturated heterocycles. The fourth-order valence-electron chi connectivity index (χ4n) is 2.85. The van der Waals surface area contributed by atoms with Crippen LogP contribution < -0.4 is 10.0 Å². The molecule has 0 saturated carbocycles. The second-order valence-corrected chi connectivity index (χ2v) is 8.51. The first-order valence-electron chi connectivity index (χ1n) is 8.84. The number of primary sulfonamides is 1. The molecule has 0 radical (unpaired) electrons. The Kier molecular flexibility index (Phi) is 6.07. The SMILES string of the molecule is CCCCOC1(O)CN(c2ccc(Cl)cc2)C(c2ccc(S(N)(=O)=O)cc2)=N1. The van der Waals surface area contributed by atoms with E-state index in [9.17, 15) is 13.5 Å². The minimum atomic E-state index is -3.79. The van der Waals surface area contributed by atoms with Crippen LogP contribution >= 0.6 is 11.6 Å². The molecule has 0 aromatic heterocycles. The molecule has 9 heteroatoms. The minimum absolute atomic E-state index is 0.00217. The summed E-state index contributed by atoms with van der Waals surface area (Å²) in [4.78, 5) is 6.20. The lowest BCUT2D eigenvalue weighted by atomic mass is 10.2. The van der Waals surface area contributed by atoms with E-state index < -0.39 is 15.9 Å². The van der Waals surface area contributed by atoms with E-state index in [1.165, 1.54) is 12.1 Å². The van der Waals surface area contributed by atoms with Crippen molar-refractivity contribution < 1.29 is 18.3 Å². The number of aliphatic hydroxyl groups is 1. The van der Waals surface area contributed by atoms with Gasteiger partial charge in [-0.3, -0.25) is 0 Å². The third-order valence-corrected chi connectivity index (χ3v) is 5.49. The van der Waals surface area contributed by atoms with Gasteiger partial charge in [-0.15, -0.1) is 0 Å². The molecular weight excluding hydrogens is 402 g/mol. The van der Waals surface area contributed by atoms with E-state index in [4.69, 9.17) is 21.5 Å². The first-order valence-corrected chi connectivity index (χ1v) is 10.8. The van der Waals surface area contributed by atoms with E-state index >= 15 is 0 Å². The fourth-order valence-corrected chi connectivity index (χ4v) is 3.49. The van der Waals surface area contributed by atoms with Crippen LogP contribution in [0.1, 0.15) is 25.3 Å². The third-order valence-electron chi connectivity index (χ3n) is 4.31. The smallest absolute Gasteiger partial charge is 0.287 e. The lowest BCUT2D eigenvalue weighted by molar-refractivity contribution is -0.184. The lowest BCUT2D eigenvalue weighted by Crippen LogP contribution is -2.38. The van der Waals surface area contributed by atoms with Crippen LogP contribution in [0.2, 0.25) is 5.02 Å². The second kappa shape index (κ2) is 8.18. The van der Waals surface area contributed by atoms with Crippen LogP contribution in [0.3, 0.4) is 0 Å². The van der Waals surface area contributed by atoms with Crippen molar-refractivity contribution in [3.8, 4) is 0 Å². The highest BCUT2D eigenvalue weighted by atomic mass is 35.5. The van der Waals surface area contributed by atoms with Crippen molar-refractivity contribution in [2.45, 2.75) is 30.6 Å². The molecule has 2 aromatic carbocycles. The topological polar surface area (TPSA) is 105 Å². The van der Waals surface area contributed by atoms with Crippen LogP contribution in [0.15, 0.2) is 58.4 Å². The lowest BCUT2D eigenvalue weighted by Gasteiger charge is -2.24. The molecule has 3 rings (SSSR count). The number of benzene rings is 2. The number of sulfonamides is 1. The van der Waals surface area contributed by atoms with Crippen LogP contribution in [0, 0.1) is 0 Å². The van der Waals surface area contributed by atoms with Gasteiger partial charge >= 0.3 is 0 Å². The Morgan fingerprint density at radius 2 is 1.86 bits per heavy atom. The van der Waals surface area contributed by atoms with Gasteiger partial charge in [-0.1, -0.05) is 24.9 Å². The quantitative estimate of drug-likeness (QED) is 0.526. The van der Waals surface area contributed by atoms with Crippen LogP contribution in [0.5, 0.6) is 0 Å². The van der Waals surface area contributed by atoms with E-state index in [0.717, 1.165) is 18.5 Å². The van der Waals surface area contributed by atoms with Crippen molar-refractivity contribution in [3.05, 3.63) is 59.1 Å². The number of nitrogens with two attached hydrogens (primary N) is 1. The van der Waals surface area contributed by atoms with Gasteiger partial charge in [0, 0.05) is 16.3 Å². The number of unbranched alkanes of at least 4 members (excludes halogenated alkanes) is 1. The molecule has 0 spiro atoms. The third kappa shape index (κ3) is 4.71. The summed E-state index contributed by atoms with van der Waals surface area (Å²) in [5, 5.41) is 16.6. The number of anilines is 1. The zero-order valence-electron chi connectivity index (χ0n) is 15.4. The Labute approximate surface area is 169 Å². The van der Waals surface area contributed by atoms with Crippen molar-refractivity contribution in [3.63, 3.8) is 0 Å². The second-order valence-electron chi connectivity index (χ2n) is 6.51. The minimum Gasteiger partial charge on any atom is -0.346 e. The summed E-state index contributed by atoms with van der Waals surface area (Å²) in [5.74, 6) is -1.23. The van der Waals surface area contributed by atoms with Crippen LogP contribution in [0.4, 0.5) is 5.69 Å². The van der Waals surface area contributed by atoms with Crippen molar-refractivity contribution in [2.75, 3.05) is 18.1 Å². The molecule has 0 aliphatic carbocycles. The average molecular weight is 424 g/mol. The van der Waals surface area contributed by atoms with Gasteiger partial charge in [-0.2, -0.15) is 0 Å². The first kappa shape index (κ1) is 20.8. The maximum atomic E-state index is 11.5. The van der Waals surface area contributed by atoms with E-state index in [2.05, 4.69) is 4.99 Å². The zero-order valence-corrected chi connectivity index (χ0v) is 16.9. The van der Waals surface area contributed by atoms with E-state index in [1.54, 1.807) is 29.2 Å². The highest BCUT2D eigenvalue weighted by molar-refractivity contribution is 7.89. The van der Waals surface area contributed by atoms with Gasteiger partial charge in [0.2, 0.25) is 10.0 Å². The highest BCUT2D eigenvalue weighted by Crippen LogP contribution is 2.30. The monoisotopic (exact) mass is 423 g/mol. The predicted octanol–water partition coefficient (Wildman–Crippen LogP) is 2.72. The van der Waals surface area contributed by atoms with E-state index in [-0.39, 0.29) is 11.4 Å². The summed E-state index contributed by atoms with van der Waals surface area (Å²) in [6.07, 6.45) is 1.74. The normalized spacial score (nSPS) is 19.7. The molecular formula is C19H22ClN3O4S. The molecule has 1 heterocycles. The standard InChI is InChI=1S/C19H22ClN3O4S/c1-2-3-12-27-19(24)13-23(16-8-6-15(20)7-9-16)18(22-19)14-4-10-17(11-5-14)28(21,25)26/h4-11,24H,2-3,12-13H2,1H3,(H2,21,25,26). The van der Waals surface area contributed by atoms with Crippen LogP contribution in [0.25, 0.3) is 0 Å². The maximum absolute atomic E-state index is 11.5. The molecule has 0 amide bonds. The summed E-state index contributed by atoms with van der Waals surface area (Å²) in [6, 6.07) is 13.1. The largest absolute Gasteiger partial charge is 0.346 e. The van der Waals surface area contributed by atoms with Crippen molar-refractivity contribution in [1.82, 2.24) is 0 Å². The predicted molar refractivity (Wildman–Crippen MR) is 109 cm³/mol. The Morgan fingerprint density at radius 1 is 1.21 bits per heavy atom. The summed E-state index contributed by atoms with van der Waals surface area (Å²) >= 11 is 5.98. The number of ether oxygens (including phenoxy) is 1. The van der Waals surface area contributed by atoms with Gasteiger partial charge in [0.1, 0.15) is 12.4 Å². The fraction of sp³-hybridized carbons (Fsp3) is 0.316. The van der Waals surface area contributed by atoms with Gasteiger partial charge in [0.25, 0.3) is 5.91 Å². The van der Waals surface area contributed by atoms with Gasteiger partial charge < -0.3 is 14.7 Å². The van der Waals surface area contributed by atoms with Crippen molar-refractivity contribution in [1.29, 1.82) is 0 Å². The van der Waals surface area contributed by atoms with Gasteiger partial charge in [-0.25, -0.2) is 18.5 Å². The van der Waals surface area contributed by atoms with Crippen LogP contribution in [-0.2, 0) is 14.8 Å².